The quantitative estimate of drug-likeness (QED) is 0.862. The van der Waals surface area contributed by atoms with Crippen LogP contribution in [0.1, 0.15) is 18.5 Å². The van der Waals surface area contributed by atoms with E-state index in [0.29, 0.717) is 6.61 Å². The lowest BCUT2D eigenvalue weighted by atomic mass is 10.1. The SMILES string of the molecule is Fc1cccnc1O[C@@H]1[C@H]2CC[C@H]1OCCN2Cc1ccccn1. The van der Waals surface area contributed by atoms with E-state index >= 15 is 0 Å². The zero-order chi connectivity index (χ0) is 16.4. The van der Waals surface area contributed by atoms with Crippen molar-refractivity contribution in [3.8, 4) is 5.88 Å². The lowest BCUT2D eigenvalue weighted by molar-refractivity contribution is 0.000128. The summed E-state index contributed by atoms with van der Waals surface area (Å²) in [6.07, 6.45) is 5.02. The van der Waals surface area contributed by atoms with Crippen molar-refractivity contribution in [3.63, 3.8) is 0 Å². The van der Waals surface area contributed by atoms with E-state index in [9.17, 15) is 4.39 Å². The van der Waals surface area contributed by atoms with Crippen molar-refractivity contribution in [1.29, 1.82) is 0 Å². The maximum absolute atomic E-state index is 13.9. The summed E-state index contributed by atoms with van der Waals surface area (Å²) >= 11 is 0. The Balaban J connectivity index is 1.54. The zero-order valence-electron chi connectivity index (χ0n) is 13.3. The first-order valence-corrected chi connectivity index (χ1v) is 8.34. The normalized spacial score (nSPS) is 27.0. The second-order valence-corrected chi connectivity index (χ2v) is 6.22. The van der Waals surface area contributed by atoms with Crippen LogP contribution in [0.3, 0.4) is 0 Å². The van der Waals surface area contributed by atoms with Gasteiger partial charge in [0.2, 0.25) is 0 Å². The molecule has 1 saturated carbocycles. The van der Waals surface area contributed by atoms with E-state index in [2.05, 4.69) is 14.9 Å². The summed E-state index contributed by atoms with van der Waals surface area (Å²) in [5, 5.41) is 0. The summed E-state index contributed by atoms with van der Waals surface area (Å²) in [5.41, 5.74) is 1.02. The van der Waals surface area contributed by atoms with Gasteiger partial charge in [0.15, 0.2) is 5.82 Å². The molecule has 2 fully saturated rings. The number of pyridine rings is 2. The molecule has 1 saturated heterocycles. The number of hydrogen-bond acceptors (Lipinski definition) is 5. The molecule has 2 aliphatic rings. The minimum absolute atomic E-state index is 0.00913. The van der Waals surface area contributed by atoms with E-state index < -0.39 is 5.82 Å². The summed E-state index contributed by atoms with van der Waals surface area (Å²) in [7, 11) is 0. The van der Waals surface area contributed by atoms with Crippen LogP contribution in [-0.4, -0.2) is 46.3 Å². The van der Waals surface area contributed by atoms with Gasteiger partial charge in [-0.3, -0.25) is 9.88 Å². The van der Waals surface area contributed by atoms with Crippen molar-refractivity contribution in [1.82, 2.24) is 14.9 Å². The molecule has 0 spiro atoms. The van der Waals surface area contributed by atoms with Crippen LogP contribution >= 0.6 is 0 Å². The molecule has 0 unspecified atom stereocenters. The maximum Gasteiger partial charge on any atom is 0.250 e. The summed E-state index contributed by atoms with van der Waals surface area (Å²) < 4.78 is 25.8. The fraction of sp³-hybridized carbons (Fsp3) is 0.444. The second kappa shape index (κ2) is 6.83. The molecule has 1 aliphatic carbocycles. The van der Waals surface area contributed by atoms with Crippen LogP contribution in [0, 0.1) is 5.82 Å². The Hall–Kier alpha value is -2.05. The molecule has 2 bridgehead atoms. The molecule has 4 rings (SSSR count). The lowest BCUT2D eigenvalue weighted by Crippen LogP contribution is -2.44. The van der Waals surface area contributed by atoms with Gasteiger partial charge >= 0.3 is 0 Å². The molecule has 2 aromatic heterocycles. The molecule has 0 N–H and O–H groups in total. The third kappa shape index (κ3) is 3.12. The summed E-state index contributed by atoms with van der Waals surface area (Å²) in [5.74, 6) is -0.375. The van der Waals surface area contributed by atoms with Crippen LogP contribution in [0.25, 0.3) is 0 Å². The molecule has 6 heteroatoms. The predicted octanol–water partition coefficient (Wildman–Crippen LogP) is 2.43. The van der Waals surface area contributed by atoms with Crippen LogP contribution in [0.2, 0.25) is 0 Å². The second-order valence-electron chi connectivity index (χ2n) is 6.22. The highest BCUT2D eigenvalue weighted by atomic mass is 19.1. The number of hydrogen-bond donors (Lipinski definition) is 0. The van der Waals surface area contributed by atoms with Gasteiger partial charge in [-0.05, 0) is 37.1 Å². The Morgan fingerprint density at radius 3 is 2.92 bits per heavy atom. The first-order chi connectivity index (χ1) is 11.8. The van der Waals surface area contributed by atoms with E-state index in [-0.39, 0.29) is 24.1 Å². The molecular formula is C18H20FN3O2. The molecule has 0 amide bonds. The smallest absolute Gasteiger partial charge is 0.250 e. The van der Waals surface area contributed by atoms with Crippen molar-refractivity contribution in [2.24, 2.45) is 0 Å². The van der Waals surface area contributed by atoms with Crippen molar-refractivity contribution >= 4 is 0 Å². The first kappa shape index (κ1) is 15.5. The predicted molar refractivity (Wildman–Crippen MR) is 86.0 cm³/mol. The van der Waals surface area contributed by atoms with E-state index in [1.807, 2.05) is 18.2 Å². The van der Waals surface area contributed by atoms with Crippen LogP contribution in [0.15, 0.2) is 42.7 Å². The highest BCUT2D eigenvalue weighted by Gasteiger charge is 2.44. The summed E-state index contributed by atoms with van der Waals surface area (Å²) in [6.45, 7) is 2.22. The van der Waals surface area contributed by atoms with E-state index in [1.54, 1.807) is 18.5 Å². The minimum atomic E-state index is -0.433. The van der Waals surface area contributed by atoms with Crippen molar-refractivity contribution in [3.05, 3.63) is 54.2 Å². The maximum atomic E-state index is 13.9. The van der Waals surface area contributed by atoms with Crippen LogP contribution in [0.5, 0.6) is 5.88 Å². The Morgan fingerprint density at radius 1 is 1.17 bits per heavy atom. The molecule has 126 valence electrons. The molecule has 0 aromatic carbocycles. The third-order valence-corrected chi connectivity index (χ3v) is 4.74. The summed E-state index contributed by atoms with van der Waals surface area (Å²) in [6, 6.07) is 9.04. The Morgan fingerprint density at radius 2 is 2.08 bits per heavy atom. The highest BCUT2D eigenvalue weighted by Crippen LogP contribution is 2.33. The van der Waals surface area contributed by atoms with Crippen LogP contribution < -0.4 is 4.74 Å². The van der Waals surface area contributed by atoms with Gasteiger partial charge < -0.3 is 9.47 Å². The largest absolute Gasteiger partial charge is 0.468 e. The first-order valence-electron chi connectivity index (χ1n) is 8.34. The average Bonchev–Trinajstić information content (AvgIpc) is 2.91. The lowest BCUT2D eigenvalue weighted by Gasteiger charge is -2.30. The highest BCUT2D eigenvalue weighted by molar-refractivity contribution is 5.15. The number of ether oxygens (including phenoxy) is 2. The fourth-order valence-corrected chi connectivity index (χ4v) is 3.60. The van der Waals surface area contributed by atoms with Gasteiger partial charge in [-0.25, -0.2) is 9.37 Å². The summed E-state index contributed by atoms with van der Waals surface area (Å²) in [4.78, 5) is 10.8. The van der Waals surface area contributed by atoms with Crippen LogP contribution in [0.4, 0.5) is 4.39 Å². The molecule has 2 aromatic rings. The van der Waals surface area contributed by atoms with Gasteiger partial charge in [0, 0.05) is 31.5 Å². The zero-order valence-corrected chi connectivity index (χ0v) is 13.3. The molecule has 3 heterocycles. The van der Waals surface area contributed by atoms with Crippen molar-refractivity contribution in [2.45, 2.75) is 37.6 Å². The van der Waals surface area contributed by atoms with E-state index in [1.165, 1.54) is 6.07 Å². The number of halogens is 1. The number of aromatic nitrogens is 2. The van der Waals surface area contributed by atoms with Gasteiger partial charge in [0.1, 0.15) is 6.10 Å². The van der Waals surface area contributed by atoms with Crippen molar-refractivity contribution in [2.75, 3.05) is 13.2 Å². The fourth-order valence-electron chi connectivity index (χ4n) is 3.60. The van der Waals surface area contributed by atoms with Gasteiger partial charge in [0.05, 0.1) is 18.4 Å². The molecule has 3 atom stereocenters. The monoisotopic (exact) mass is 329 g/mol. The Kier molecular flexibility index (Phi) is 4.40. The van der Waals surface area contributed by atoms with Gasteiger partial charge in [-0.15, -0.1) is 0 Å². The molecule has 24 heavy (non-hydrogen) atoms. The molecule has 0 radical (unpaired) electrons. The standard InChI is InChI=1S/C18H20FN3O2/c19-14-5-3-9-21-18(14)24-17-15-6-7-16(17)23-11-10-22(15)12-13-4-1-2-8-20-13/h1-5,8-9,15-17H,6-7,10-12H2/t15-,16-,17-/m1/s1. The Labute approximate surface area is 140 Å². The number of rotatable bonds is 4. The average molecular weight is 329 g/mol. The molecular weight excluding hydrogens is 309 g/mol. The van der Waals surface area contributed by atoms with Crippen molar-refractivity contribution < 1.29 is 13.9 Å². The van der Waals surface area contributed by atoms with Gasteiger partial charge in [-0.2, -0.15) is 0 Å². The number of fused-ring (bicyclic) bond motifs is 2. The minimum Gasteiger partial charge on any atom is -0.468 e. The van der Waals surface area contributed by atoms with E-state index in [4.69, 9.17) is 9.47 Å². The third-order valence-electron chi connectivity index (χ3n) is 4.74. The molecule has 5 nitrogen and oxygen atoms in total. The topological polar surface area (TPSA) is 47.5 Å². The van der Waals surface area contributed by atoms with Gasteiger partial charge in [-0.1, -0.05) is 6.07 Å². The molecule has 1 aliphatic heterocycles. The van der Waals surface area contributed by atoms with Gasteiger partial charge in [0.25, 0.3) is 5.88 Å². The van der Waals surface area contributed by atoms with Crippen LogP contribution in [-0.2, 0) is 11.3 Å². The Bertz CT molecular complexity index is 685. The number of nitrogens with zero attached hydrogens (tertiary/aromatic N) is 3. The van der Waals surface area contributed by atoms with E-state index in [0.717, 1.165) is 31.6 Å².